The molecule has 0 radical (unpaired) electrons. The van der Waals surface area contributed by atoms with Gasteiger partial charge in [-0.1, -0.05) is 0 Å². The molecule has 0 saturated carbocycles. The van der Waals surface area contributed by atoms with Gasteiger partial charge in [0.05, 0.1) is 10.6 Å². The summed E-state index contributed by atoms with van der Waals surface area (Å²) in [6, 6.07) is 1.70. The van der Waals surface area contributed by atoms with Gasteiger partial charge in [0.25, 0.3) is 10.1 Å². The van der Waals surface area contributed by atoms with Gasteiger partial charge in [-0.2, -0.15) is 8.42 Å². The third kappa shape index (κ3) is 2.01. The molecule has 0 amide bonds. The van der Waals surface area contributed by atoms with Gasteiger partial charge in [0, 0.05) is 5.56 Å². The zero-order valence-electron chi connectivity index (χ0n) is 9.27. The number of rotatable bonds is 1. The number of fused-ring (bicyclic) bond motifs is 1. The topological polar surface area (TPSA) is 101 Å². The summed E-state index contributed by atoms with van der Waals surface area (Å²) in [6.45, 7) is 1.73. The Morgan fingerprint density at radius 1 is 1.35 bits per heavy atom. The summed E-state index contributed by atoms with van der Waals surface area (Å²) < 4.78 is 31.0. The quantitative estimate of drug-likeness (QED) is 0.400. The number of hydrogen-bond acceptors (Lipinski definition) is 4. The van der Waals surface area contributed by atoms with Crippen LogP contribution in [0.15, 0.2) is 11.0 Å². The minimum Gasteiger partial charge on any atom is -0.505 e. The second-order valence-electron chi connectivity index (χ2n) is 4.11. The number of nitrogens with two attached hydrogens (primary N) is 1. The van der Waals surface area contributed by atoms with Crippen LogP contribution in [0.5, 0.6) is 5.75 Å². The van der Waals surface area contributed by atoms with E-state index in [1.54, 1.807) is 13.0 Å². The average molecular weight is 255 g/mol. The van der Waals surface area contributed by atoms with Crippen LogP contribution < -0.4 is 5.73 Å². The van der Waals surface area contributed by atoms with Crippen LogP contribution in [0.25, 0.3) is 6.08 Å². The van der Waals surface area contributed by atoms with Crippen molar-refractivity contribution in [3.63, 3.8) is 0 Å². The standard InChI is InChI=1S/C11H13NO4S/c1-6-4-7-5-8(17(14,15)16)2-3-9(7)11(13)10(6)12/h4-5,13H,2-3,12H2,1H3,(H,14,15,16). The minimum atomic E-state index is -4.16. The molecule has 2 rings (SSSR count). The molecule has 0 saturated heterocycles. The van der Waals surface area contributed by atoms with Crippen LogP contribution in [0.4, 0.5) is 5.69 Å². The maximum absolute atomic E-state index is 11.0. The molecule has 0 atom stereocenters. The molecule has 0 bridgehead atoms. The van der Waals surface area contributed by atoms with Gasteiger partial charge in [-0.15, -0.1) is 0 Å². The maximum Gasteiger partial charge on any atom is 0.290 e. The zero-order valence-corrected chi connectivity index (χ0v) is 10.1. The molecule has 0 aliphatic heterocycles. The first-order chi connectivity index (χ1) is 7.80. The predicted molar refractivity (Wildman–Crippen MR) is 65.1 cm³/mol. The van der Waals surface area contributed by atoms with Gasteiger partial charge in [-0.25, -0.2) is 0 Å². The van der Waals surface area contributed by atoms with E-state index in [0.29, 0.717) is 28.8 Å². The summed E-state index contributed by atoms with van der Waals surface area (Å²) in [5, 5.41) is 9.85. The molecular formula is C11H13NO4S. The van der Waals surface area contributed by atoms with Crippen molar-refractivity contribution >= 4 is 21.9 Å². The Labute approximate surface area is 99.3 Å². The number of nitrogen functional groups attached to an aromatic ring is 1. The number of hydrogen-bond donors (Lipinski definition) is 3. The highest BCUT2D eigenvalue weighted by Crippen LogP contribution is 2.37. The first kappa shape index (κ1) is 11.9. The second-order valence-corrected chi connectivity index (χ2v) is 5.58. The molecule has 0 unspecified atom stereocenters. The third-order valence-electron chi connectivity index (χ3n) is 2.96. The normalized spacial score (nSPS) is 15.3. The van der Waals surface area contributed by atoms with Gasteiger partial charge in [0.15, 0.2) is 0 Å². The SMILES string of the molecule is Cc1cc2c(c(O)c1N)CCC(S(=O)(=O)O)=C2. The van der Waals surface area contributed by atoms with Crippen molar-refractivity contribution in [3.8, 4) is 5.75 Å². The molecule has 5 nitrogen and oxygen atoms in total. The molecule has 6 heteroatoms. The van der Waals surface area contributed by atoms with Crippen LogP contribution >= 0.6 is 0 Å². The van der Waals surface area contributed by atoms with Gasteiger partial charge in [-0.05, 0) is 43.0 Å². The second kappa shape index (κ2) is 3.75. The van der Waals surface area contributed by atoms with Crippen molar-refractivity contribution in [3.05, 3.63) is 27.7 Å². The van der Waals surface area contributed by atoms with Crippen molar-refractivity contribution in [2.45, 2.75) is 19.8 Å². The minimum absolute atomic E-state index is 0.00522. The number of phenolic OH excluding ortho intramolecular Hbond substituents is 1. The molecule has 1 aliphatic rings. The molecule has 0 aromatic heterocycles. The molecule has 1 aromatic rings. The van der Waals surface area contributed by atoms with Gasteiger partial charge >= 0.3 is 0 Å². The Kier molecular flexibility index (Phi) is 2.63. The summed E-state index contributed by atoms with van der Waals surface area (Å²) in [4.78, 5) is -0.0337. The lowest BCUT2D eigenvalue weighted by molar-refractivity contribution is 0.468. The van der Waals surface area contributed by atoms with Gasteiger partial charge in [0.1, 0.15) is 5.75 Å². The fraction of sp³-hybridized carbons (Fsp3) is 0.273. The first-order valence-electron chi connectivity index (χ1n) is 5.09. The number of aryl methyl sites for hydroxylation is 1. The molecule has 1 aliphatic carbocycles. The third-order valence-corrected chi connectivity index (χ3v) is 3.94. The van der Waals surface area contributed by atoms with Crippen LogP contribution in [0, 0.1) is 6.92 Å². The highest BCUT2D eigenvalue weighted by atomic mass is 32.2. The van der Waals surface area contributed by atoms with E-state index in [4.69, 9.17) is 10.3 Å². The number of aromatic hydroxyl groups is 1. The van der Waals surface area contributed by atoms with Crippen LogP contribution in [0.2, 0.25) is 0 Å². The fourth-order valence-electron chi connectivity index (χ4n) is 1.97. The fourth-order valence-corrected chi connectivity index (χ4v) is 2.61. The smallest absolute Gasteiger partial charge is 0.290 e. The van der Waals surface area contributed by atoms with Gasteiger partial charge in [0.2, 0.25) is 0 Å². The summed E-state index contributed by atoms with van der Waals surface area (Å²) in [5.41, 5.74) is 7.89. The molecule has 1 aromatic carbocycles. The van der Waals surface area contributed by atoms with Gasteiger partial charge < -0.3 is 10.8 Å². The van der Waals surface area contributed by atoms with Crippen molar-refractivity contribution in [2.24, 2.45) is 0 Å². The van der Waals surface area contributed by atoms with E-state index in [-0.39, 0.29) is 17.1 Å². The monoisotopic (exact) mass is 255 g/mol. The average Bonchev–Trinajstić information content (AvgIpc) is 2.24. The Bertz CT molecular complexity index is 617. The summed E-state index contributed by atoms with van der Waals surface area (Å²) in [7, 11) is -4.16. The van der Waals surface area contributed by atoms with E-state index in [1.165, 1.54) is 6.08 Å². The maximum atomic E-state index is 11.0. The van der Waals surface area contributed by atoms with Crippen molar-refractivity contribution < 1.29 is 18.1 Å². The molecule has 92 valence electrons. The molecule has 0 heterocycles. The largest absolute Gasteiger partial charge is 0.505 e. The Balaban J connectivity index is 2.65. The highest BCUT2D eigenvalue weighted by molar-refractivity contribution is 7.90. The van der Waals surface area contributed by atoms with Crippen LogP contribution in [0.1, 0.15) is 23.1 Å². The lowest BCUT2D eigenvalue weighted by Crippen LogP contribution is -2.09. The van der Waals surface area contributed by atoms with E-state index in [1.807, 2.05) is 0 Å². The van der Waals surface area contributed by atoms with E-state index in [9.17, 15) is 13.5 Å². The van der Waals surface area contributed by atoms with Gasteiger partial charge in [-0.3, -0.25) is 4.55 Å². The van der Waals surface area contributed by atoms with E-state index in [0.717, 1.165) is 0 Å². The number of anilines is 1. The number of phenols is 1. The van der Waals surface area contributed by atoms with Crippen molar-refractivity contribution in [1.82, 2.24) is 0 Å². The molecule has 0 fully saturated rings. The number of benzene rings is 1. The van der Waals surface area contributed by atoms with Crippen LogP contribution in [0.3, 0.4) is 0 Å². The van der Waals surface area contributed by atoms with E-state index >= 15 is 0 Å². The lowest BCUT2D eigenvalue weighted by Gasteiger charge is -2.18. The lowest BCUT2D eigenvalue weighted by atomic mass is 9.93. The molecule has 4 N–H and O–H groups in total. The molecule has 0 spiro atoms. The Hall–Kier alpha value is -1.53. The van der Waals surface area contributed by atoms with Crippen LogP contribution in [-0.4, -0.2) is 18.1 Å². The molecule has 17 heavy (non-hydrogen) atoms. The van der Waals surface area contributed by atoms with Crippen molar-refractivity contribution in [2.75, 3.05) is 5.73 Å². The van der Waals surface area contributed by atoms with E-state index < -0.39 is 10.1 Å². The summed E-state index contributed by atoms with van der Waals surface area (Å²) >= 11 is 0. The summed E-state index contributed by atoms with van der Waals surface area (Å²) in [5.74, 6) is 0.00522. The number of allylic oxidation sites excluding steroid dienone is 1. The Morgan fingerprint density at radius 3 is 2.59 bits per heavy atom. The van der Waals surface area contributed by atoms with Crippen LogP contribution in [-0.2, 0) is 16.5 Å². The molecular weight excluding hydrogens is 242 g/mol. The van der Waals surface area contributed by atoms with Crippen molar-refractivity contribution in [1.29, 1.82) is 0 Å². The van der Waals surface area contributed by atoms with E-state index in [2.05, 4.69) is 0 Å². The zero-order chi connectivity index (χ0) is 12.8. The highest BCUT2D eigenvalue weighted by Gasteiger charge is 2.22. The first-order valence-corrected chi connectivity index (χ1v) is 6.53. The predicted octanol–water partition coefficient (Wildman–Crippen LogP) is 1.46. The Morgan fingerprint density at radius 2 is 2.00 bits per heavy atom. The summed E-state index contributed by atoms with van der Waals surface area (Å²) in [6.07, 6.45) is 1.89.